The molecular weight excluding hydrogens is 173 g/mol. The molecule has 0 unspecified atom stereocenters. The molecule has 1 rings (SSSR count). The fourth-order valence-electron chi connectivity index (χ4n) is 1.09. The second-order valence-corrected chi connectivity index (χ2v) is 2.70. The van der Waals surface area contributed by atoms with Gasteiger partial charge in [0.2, 0.25) is 0 Å². The van der Waals surface area contributed by atoms with E-state index in [2.05, 4.69) is 4.84 Å². The molecule has 3 nitrogen and oxygen atoms in total. The highest BCUT2D eigenvalue weighted by molar-refractivity contribution is 5.24. The molecule has 0 aliphatic carbocycles. The maximum atomic E-state index is 13.1. The average molecular weight is 185 g/mol. The lowest BCUT2D eigenvalue weighted by molar-refractivity contribution is 0.140. The van der Waals surface area contributed by atoms with Crippen molar-refractivity contribution in [1.29, 1.82) is 0 Å². The van der Waals surface area contributed by atoms with Crippen LogP contribution in [-0.2, 0) is 17.9 Å². The van der Waals surface area contributed by atoms with Crippen molar-refractivity contribution in [1.82, 2.24) is 0 Å². The molecule has 0 heterocycles. The molecule has 0 bridgehead atoms. The summed E-state index contributed by atoms with van der Waals surface area (Å²) >= 11 is 0. The van der Waals surface area contributed by atoms with Gasteiger partial charge in [-0.15, -0.1) is 0 Å². The minimum atomic E-state index is -0.297. The van der Waals surface area contributed by atoms with Gasteiger partial charge in [-0.2, -0.15) is 0 Å². The summed E-state index contributed by atoms with van der Waals surface area (Å²) < 4.78 is 13.1. The maximum absolute atomic E-state index is 13.1. The molecule has 0 spiro atoms. The van der Waals surface area contributed by atoms with Crippen LogP contribution in [0, 0.1) is 5.82 Å². The molecule has 0 saturated heterocycles. The Labute approximate surface area is 75.9 Å². The second-order valence-electron chi connectivity index (χ2n) is 2.70. The number of hydrogen-bond donors (Lipinski definition) is 2. The highest BCUT2D eigenvalue weighted by Crippen LogP contribution is 2.11. The molecule has 1 aromatic rings. The molecule has 0 saturated carbocycles. The predicted molar refractivity (Wildman–Crippen MR) is 46.2 cm³/mol. The largest absolute Gasteiger partial charge is 0.392 e. The number of hydrogen-bond acceptors (Lipinski definition) is 3. The van der Waals surface area contributed by atoms with Crippen molar-refractivity contribution < 1.29 is 14.3 Å². The number of nitrogens with two attached hydrogens (primary N) is 1. The minimum Gasteiger partial charge on any atom is -0.392 e. The van der Waals surface area contributed by atoms with Crippen LogP contribution in [0.15, 0.2) is 18.2 Å². The first-order valence-electron chi connectivity index (χ1n) is 3.97. The van der Waals surface area contributed by atoms with E-state index in [9.17, 15) is 4.39 Å². The molecule has 0 atom stereocenters. The molecule has 0 aliphatic heterocycles. The Morgan fingerprint density at radius 1 is 1.46 bits per heavy atom. The van der Waals surface area contributed by atoms with Crippen molar-refractivity contribution in [2.45, 2.75) is 13.0 Å². The summed E-state index contributed by atoms with van der Waals surface area (Å²) in [5.74, 6) is 4.53. The smallest absolute Gasteiger partial charge is 0.126 e. The highest BCUT2D eigenvalue weighted by Gasteiger charge is 2.02. The summed E-state index contributed by atoms with van der Waals surface area (Å²) in [6.07, 6.45) is 0.413. The van der Waals surface area contributed by atoms with E-state index in [1.54, 1.807) is 12.1 Å². The third-order valence-electron chi connectivity index (χ3n) is 1.78. The zero-order valence-electron chi connectivity index (χ0n) is 7.16. The van der Waals surface area contributed by atoms with Crippen molar-refractivity contribution in [3.63, 3.8) is 0 Å². The summed E-state index contributed by atoms with van der Waals surface area (Å²) in [7, 11) is 0. The SMILES string of the molecule is NOCCc1cc(CO)ccc1F. The Morgan fingerprint density at radius 2 is 2.23 bits per heavy atom. The third kappa shape index (κ3) is 2.77. The fraction of sp³-hybridized carbons (Fsp3) is 0.333. The molecule has 0 amide bonds. The van der Waals surface area contributed by atoms with E-state index in [1.807, 2.05) is 0 Å². The van der Waals surface area contributed by atoms with Gasteiger partial charge < -0.3 is 9.94 Å². The van der Waals surface area contributed by atoms with E-state index < -0.39 is 0 Å². The molecule has 72 valence electrons. The molecule has 0 aliphatic rings. The summed E-state index contributed by atoms with van der Waals surface area (Å²) in [6.45, 7) is 0.183. The summed E-state index contributed by atoms with van der Waals surface area (Å²) in [5, 5.41) is 8.80. The van der Waals surface area contributed by atoms with Gasteiger partial charge in [-0.05, 0) is 17.2 Å². The van der Waals surface area contributed by atoms with E-state index in [-0.39, 0.29) is 19.0 Å². The quantitative estimate of drug-likeness (QED) is 0.680. The van der Waals surface area contributed by atoms with Gasteiger partial charge in [0, 0.05) is 6.42 Å². The van der Waals surface area contributed by atoms with E-state index in [1.165, 1.54) is 6.07 Å². The highest BCUT2D eigenvalue weighted by atomic mass is 19.1. The monoisotopic (exact) mass is 185 g/mol. The van der Waals surface area contributed by atoms with E-state index in [0.29, 0.717) is 17.5 Å². The first-order chi connectivity index (χ1) is 6.27. The van der Waals surface area contributed by atoms with Crippen molar-refractivity contribution in [3.8, 4) is 0 Å². The maximum Gasteiger partial charge on any atom is 0.126 e. The van der Waals surface area contributed by atoms with Crippen LogP contribution in [0.25, 0.3) is 0 Å². The lowest BCUT2D eigenvalue weighted by atomic mass is 10.1. The summed E-state index contributed by atoms with van der Waals surface area (Å²) in [5.41, 5.74) is 1.20. The van der Waals surface area contributed by atoms with Gasteiger partial charge in [0.05, 0.1) is 13.2 Å². The van der Waals surface area contributed by atoms with Crippen LogP contribution in [-0.4, -0.2) is 11.7 Å². The molecule has 3 N–H and O–H groups in total. The number of aliphatic hydroxyl groups is 1. The number of aliphatic hydroxyl groups excluding tert-OH is 1. The van der Waals surface area contributed by atoms with Gasteiger partial charge in [0.1, 0.15) is 5.82 Å². The summed E-state index contributed by atoms with van der Waals surface area (Å²) in [4.78, 5) is 4.35. The lowest BCUT2D eigenvalue weighted by Gasteiger charge is -2.03. The van der Waals surface area contributed by atoms with Crippen molar-refractivity contribution in [2.24, 2.45) is 5.90 Å². The minimum absolute atomic E-state index is 0.0865. The van der Waals surface area contributed by atoms with Crippen molar-refractivity contribution >= 4 is 0 Å². The standard InChI is InChI=1S/C9H12FNO2/c10-9-2-1-7(6-12)5-8(9)3-4-13-11/h1-2,5,12H,3-4,6,11H2. The van der Waals surface area contributed by atoms with Crippen LogP contribution in [0.1, 0.15) is 11.1 Å². The Kier molecular flexibility index (Phi) is 3.82. The second kappa shape index (κ2) is 4.91. The van der Waals surface area contributed by atoms with Crippen molar-refractivity contribution in [2.75, 3.05) is 6.61 Å². The molecule has 1 aromatic carbocycles. The van der Waals surface area contributed by atoms with E-state index >= 15 is 0 Å². The third-order valence-corrected chi connectivity index (χ3v) is 1.78. The van der Waals surface area contributed by atoms with Gasteiger partial charge in [-0.25, -0.2) is 10.3 Å². The van der Waals surface area contributed by atoms with E-state index in [0.717, 1.165) is 0 Å². The van der Waals surface area contributed by atoms with Gasteiger partial charge in [-0.3, -0.25) is 0 Å². The Bertz CT molecular complexity index is 278. The first-order valence-corrected chi connectivity index (χ1v) is 3.97. The van der Waals surface area contributed by atoms with Crippen LogP contribution < -0.4 is 5.90 Å². The zero-order chi connectivity index (χ0) is 9.68. The summed E-state index contributed by atoms with van der Waals surface area (Å²) in [6, 6.07) is 4.48. The van der Waals surface area contributed by atoms with Crippen LogP contribution >= 0.6 is 0 Å². The average Bonchev–Trinajstić information content (AvgIpc) is 2.17. The molecule has 4 heteroatoms. The van der Waals surface area contributed by atoms with Gasteiger partial charge >= 0.3 is 0 Å². The Balaban J connectivity index is 2.78. The topological polar surface area (TPSA) is 55.5 Å². The molecule has 0 radical (unpaired) electrons. The molecule has 13 heavy (non-hydrogen) atoms. The number of benzene rings is 1. The normalized spacial score (nSPS) is 10.4. The van der Waals surface area contributed by atoms with E-state index in [4.69, 9.17) is 11.0 Å². The predicted octanol–water partition coefficient (Wildman–Crippen LogP) is 0.751. The van der Waals surface area contributed by atoms with Crippen LogP contribution in [0.5, 0.6) is 0 Å². The van der Waals surface area contributed by atoms with Crippen LogP contribution in [0.2, 0.25) is 0 Å². The fourth-order valence-corrected chi connectivity index (χ4v) is 1.09. The Hall–Kier alpha value is -0.970. The molecule has 0 fully saturated rings. The van der Waals surface area contributed by atoms with Crippen molar-refractivity contribution in [3.05, 3.63) is 35.1 Å². The van der Waals surface area contributed by atoms with Gasteiger partial charge in [-0.1, -0.05) is 12.1 Å². The molecule has 0 aromatic heterocycles. The first kappa shape index (κ1) is 10.1. The van der Waals surface area contributed by atoms with Crippen LogP contribution in [0.4, 0.5) is 4.39 Å². The Morgan fingerprint density at radius 3 is 2.85 bits per heavy atom. The molecular formula is C9H12FNO2. The van der Waals surface area contributed by atoms with Crippen LogP contribution in [0.3, 0.4) is 0 Å². The van der Waals surface area contributed by atoms with Gasteiger partial charge in [0.25, 0.3) is 0 Å². The zero-order valence-corrected chi connectivity index (χ0v) is 7.16. The lowest BCUT2D eigenvalue weighted by Crippen LogP contribution is -2.05. The van der Waals surface area contributed by atoms with Gasteiger partial charge in [0.15, 0.2) is 0 Å². The number of halogens is 1. The number of rotatable bonds is 4.